The summed E-state index contributed by atoms with van der Waals surface area (Å²) in [6, 6.07) is 5.00. The van der Waals surface area contributed by atoms with Crippen molar-refractivity contribution >= 4 is 0 Å². The lowest BCUT2D eigenvalue weighted by atomic mass is 9.51. The second-order valence-corrected chi connectivity index (χ2v) is 9.86. The van der Waals surface area contributed by atoms with Gasteiger partial charge in [-0.2, -0.15) is 0 Å². The Bertz CT molecular complexity index is 830. The number of hydrogen-bond donors (Lipinski definition) is 0. The maximum absolute atomic E-state index is 6.71. The average molecular weight is 383 g/mol. The molecule has 0 aromatic heterocycles. The first kappa shape index (κ1) is 16.5. The monoisotopic (exact) mass is 383 g/mol. The quantitative estimate of drug-likeness (QED) is 0.803. The van der Waals surface area contributed by atoms with Gasteiger partial charge in [0.1, 0.15) is 6.10 Å². The Hall–Kier alpha value is -1.30. The topological polar surface area (TPSA) is 40.2 Å². The van der Waals surface area contributed by atoms with Crippen molar-refractivity contribution < 1.29 is 18.9 Å². The predicted molar refractivity (Wildman–Crippen MR) is 103 cm³/mol. The van der Waals surface area contributed by atoms with Gasteiger partial charge in [-0.05, 0) is 55.7 Å². The standard InChI is InChI=1S/C23H29NO4/c1-25-18-5-4-15-10-17-16-11-22(26-8-9-27-22)12-19-23(16,20(15)21(18)28-19)6-7-24(17)13-14-2-3-14/h4-5,14,16-17,19H,2-3,6-13H2,1H3/t16-,17+,19-,23+/m0/s1. The first-order valence-corrected chi connectivity index (χ1v) is 11.1. The summed E-state index contributed by atoms with van der Waals surface area (Å²) in [4.78, 5) is 2.81. The van der Waals surface area contributed by atoms with Crippen LogP contribution in [0.5, 0.6) is 11.5 Å². The van der Waals surface area contributed by atoms with E-state index in [0.717, 1.165) is 36.7 Å². The fraction of sp³-hybridized carbons (Fsp3) is 0.739. The van der Waals surface area contributed by atoms with Crippen LogP contribution in [0.2, 0.25) is 0 Å². The Kier molecular flexibility index (Phi) is 3.20. The van der Waals surface area contributed by atoms with E-state index >= 15 is 0 Å². The lowest BCUT2D eigenvalue weighted by molar-refractivity contribution is -0.232. The average Bonchev–Trinajstić information content (AvgIpc) is 3.31. The van der Waals surface area contributed by atoms with E-state index in [1.807, 2.05) is 0 Å². The van der Waals surface area contributed by atoms with Gasteiger partial charge >= 0.3 is 0 Å². The largest absolute Gasteiger partial charge is 0.493 e. The van der Waals surface area contributed by atoms with Crippen LogP contribution in [0.4, 0.5) is 0 Å². The van der Waals surface area contributed by atoms with Crippen LogP contribution in [0.1, 0.15) is 43.2 Å². The maximum atomic E-state index is 6.71. The van der Waals surface area contributed by atoms with Crippen LogP contribution < -0.4 is 9.47 Å². The summed E-state index contributed by atoms with van der Waals surface area (Å²) in [5.74, 6) is 2.93. The fourth-order valence-corrected chi connectivity index (χ4v) is 7.29. The van der Waals surface area contributed by atoms with Crippen molar-refractivity contribution in [2.75, 3.05) is 33.4 Å². The Balaban J connectivity index is 1.39. The lowest BCUT2D eigenvalue weighted by Crippen LogP contribution is -2.68. The molecule has 150 valence electrons. The molecule has 4 fully saturated rings. The molecule has 0 N–H and O–H groups in total. The summed E-state index contributed by atoms with van der Waals surface area (Å²) in [5, 5.41) is 0. The molecule has 2 saturated heterocycles. The molecule has 2 spiro atoms. The molecular formula is C23H29NO4. The second kappa shape index (κ2) is 5.44. The molecule has 3 aliphatic carbocycles. The van der Waals surface area contributed by atoms with Gasteiger partial charge in [0.2, 0.25) is 0 Å². The van der Waals surface area contributed by atoms with E-state index in [4.69, 9.17) is 18.9 Å². The van der Waals surface area contributed by atoms with Gasteiger partial charge in [-0.25, -0.2) is 0 Å². The predicted octanol–water partition coefficient (Wildman–Crippen LogP) is 2.89. The zero-order chi connectivity index (χ0) is 18.5. The van der Waals surface area contributed by atoms with Crippen LogP contribution >= 0.6 is 0 Å². The highest BCUT2D eigenvalue weighted by Gasteiger charge is 2.68. The number of benzene rings is 1. The Labute approximate surface area is 166 Å². The summed E-state index contributed by atoms with van der Waals surface area (Å²) in [6.07, 6.45) is 7.13. The highest BCUT2D eigenvalue weighted by molar-refractivity contribution is 5.61. The van der Waals surface area contributed by atoms with E-state index in [2.05, 4.69) is 17.0 Å². The second-order valence-electron chi connectivity index (χ2n) is 9.86. The third-order valence-electron chi connectivity index (χ3n) is 8.60. The van der Waals surface area contributed by atoms with E-state index in [1.165, 1.54) is 43.5 Å². The van der Waals surface area contributed by atoms with Gasteiger partial charge in [0.05, 0.1) is 20.3 Å². The van der Waals surface area contributed by atoms with Crippen LogP contribution in [0.25, 0.3) is 0 Å². The molecule has 5 heteroatoms. The molecule has 0 amide bonds. The van der Waals surface area contributed by atoms with Crippen molar-refractivity contribution in [1.82, 2.24) is 4.90 Å². The van der Waals surface area contributed by atoms with Crippen molar-refractivity contribution in [2.45, 2.75) is 61.9 Å². The van der Waals surface area contributed by atoms with E-state index in [-0.39, 0.29) is 11.5 Å². The number of likely N-dealkylation sites (tertiary alicyclic amines) is 1. The maximum Gasteiger partial charge on any atom is 0.172 e. The van der Waals surface area contributed by atoms with Crippen molar-refractivity contribution in [3.8, 4) is 11.5 Å². The van der Waals surface area contributed by atoms with E-state index < -0.39 is 5.79 Å². The molecule has 1 aromatic rings. The van der Waals surface area contributed by atoms with Crippen LogP contribution in [0, 0.1) is 11.8 Å². The molecule has 0 radical (unpaired) electrons. The number of piperidine rings is 1. The van der Waals surface area contributed by atoms with Gasteiger partial charge in [-0.1, -0.05) is 6.07 Å². The van der Waals surface area contributed by atoms with Gasteiger partial charge in [0, 0.05) is 36.4 Å². The number of nitrogens with zero attached hydrogens (tertiary/aromatic N) is 1. The van der Waals surface area contributed by atoms with Gasteiger partial charge < -0.3 is 18.9 Å². The number of rotatable bonds is 3. The Morgan fingerprint density at radius 2 is 2.04 bits per heavy atom. The zero-order valence-corrected chi connectivity index (χ0v) is 16.6. The third-order valence-corrected chi connectivity index (χ3v) is 8.60. The molecule has 2 saturated carbocycles. The Morgan fingerprint density at radius 1 is 1.18 bits per heavy atom. The summed E-state index contributed by atoms with van der Waals surface area (Å²) in [5.41, 5.74) is 3.07. The highest BCUT2D eigenvalue weighted by atomic mass is 16.7. The SMILES string of the molecule is COc1ccc2c3c1O[C@H]1CC4(C[C@H]5[C@@H](C2)N(CC2CC2)CC[C@]315)OCCO4. The molecule has 0 unspecified atom stereocenters. The first-order chi connectivity index (χ1) is 13.7. The summed E-state index contributed by atoms with van der Waals surface area (Å²) in [6.45, 7) is 3.90. The van der Waals surface area contributed by atoms with Crippen LogP contribution in [-0.2, 0) is 21.3 Å². The minimum Gasteiger partial charge on any atom is -0.493 e. The molecule has 3 heterocycles. The van der Waals surface area contributed by atoms with Gasteiger partial charge in [0.25, 0.3) is 0 Å². The van der Waals surface area contributed by atoms with Crippen molar-refractivity contribution in [3.63, 3.8) is 0 Å². The number of ether oxygens (including phenoxy) is 4. The van der Waals surface area contributed by atoms with Crippen molar-refractivity contribution in [3.05, 3.63) is 23.3 Å². The molecule has 6 aliphatic rings. The highest BCUT2D eigenvalue weighted by Crippen LogP contribution is 2.66. The first-order valence-electron chi connectivity index (χ1n) is 11.1. The molecule has 1 aromatic carbocycles. The van der Waals surface area contributed by atoms with Crippen LogP contribution in [0.3, 0.4) is 0 Å². The molecule has 4 atom stereocenters. The molecular weight excluding hydrogens is 354 g/mol. The molecule has 28 heavy (non-hydrogen) atoms. The van der Waals surface area contributed by atoms with Gasteiger partial charge in [-0.15, -0.1) is 0 Å². The Morgan fingerprint density at radius 3 is 2.82 bits per heavy atom. The fourth-order valence-electron chi connectivity index (χ4n) is 7.29. The summed E-state index contributed by atoms with van der Waals surface area (Å²) < 4.78 is 24.9. The van der Waals surface area contributed by atoms with E-state index in [0.29, 0.717) is 25.2 Å². The zero-order valence-electron chi connectivity index (χ0n) is 16.6. The number of hydrogen-bond acceptors (Lipinski definition) is 5. The molecule has 5 nitrogen and oxygen atoms in total. The normalized spacial score (nSPS) is 39.7. The van der Waals surface area contributed by atoms with Gasteiger partial charge in [0.15, 0.2) is 17.3 Å². The van der Waals surface area contributed by atoms with E-state index in [9.17, 15) is 0 Å². The lowest BCUT2D eigenvalue weighted by Gasteiger charge is -2.60. The van der Waals surface area contributed by atoms with Crippen LogP contribution in [-0.4, -0.2) is 56.2 Å². The molecule has 3 aliphatic heterocycles. The third kappa shape index (κ3) is 1.98. The smallest absolute Gasteiger partial charge is 0.172 e. The van der Waals surface area contributed by atoms with Crippen LogP contribution in [0.15, 0.2) is 12.1 Å². The molecule has 7 rings (SSSR count). The minimum atomic E-state index is -0.438. The van der Waals surface area contributed by atoms with Crippen molar-refractivity contribution in [2.24, 2.45) is 11.8 Å². The summed E-state index contributed by atoms with van der Waals surface area (Å²) >= 11 is 0. The summed E-state index contributed by atoms with van der Waals surface area (Å²) in [7, 11) is 1.76. The van der Waals surface area contributed by atoms with Crippen molar-refractivity contribution in [1.29, 1.82) is 0 Å². The number of methoxy groups -OCH3 is 1. The minimum absolute atomic E-state index is 0.114. The van der Waals surface area contributed by atoms with E-state index in [1.54, 1.807) is 7.11 Å². The van der Waals surface area contributed by atoms with Gasteiger partial charge in [-0.3, -0.25) is 4.90 Å². The molecule has 2 bridgehead atoms.